The molecule has 2 aromatic carbocycles. The van der Waals surface area contributed by atoms with Gasteiger partial charge in [-0.2, -0.15) is 0 Å². The van der Waals surface area contributed by atoms with Crippen molar-refractivity contribution < 1.29 is 4.39 Å². The number of hydrogen-bond acceptors (Lipinski definition) is 5. The van der Waals surface area contributed by atoms with Crippen LogP contribution in [-0.2, 0) is 0 Å². The van der Waals surface area contributed by atoms with E-state index in [4.69, 9.17) is 0 Å². The summed E-state index contributed by atoms with van der Waals surface area (Å²) in [4.78, 5) is 10.4. The minimum atomic E-state index is -0.272. The molecule has 0 saturated heterocycles. The average molecular weight is 323 g/mol. The molecular formula is C18H18FN5. The van der Waals surface area contributed by atoms with E-state index in [0.717, 1.165) is 17.1 Å². The minimum absolute atomic E-state index is 0.272. The predicted octanol–water partition coefficient (Wildman–Crippen LogP) is 4.17. The molecule has 0 radical (unpaired) electrons. The summed E-state index contributed by atoms with van der Waals surface area (Å²) in [6.07, 6.45) is 1.47. The summed E-state index contributed by atoms with van der Waals surface area (Å²) in [5.74, 6) is 1.03. The Bertz CT molecular complexity index is 800. The van der Waals surface area contributed by atoms with E-state index in [9.17, 15) is 4.39 Å². The lowest BCUT2D eigenvalue weighted by molar-refractivity contribution is 0.628. The fraction of sp³-hybridized carbons (Fsp3) is 0.111. The van der Waals surface area contributed by atoms with Crippen LogP contribution in [0.3, 0.4) is 0 Å². The van der Waals surface area contributed by atoms with Gasteiger partial charge in [0, 0.05) is 37.2 Å². The van der Waals surface area contributed by atoms with Crippen molar-refractivity contribution in [3.05, 3.63) is 66.7 Å². The van der Waals surface area contributed by atoms with Gasteiger partial charge in [-0.1, -0.05) is 0 Å². The largest absolute Gasteiger partial charge is 0.378 e. The van der Waals surface area contributed by atoms with Crippen LogP contribution < -0.4 is 15.5 Å². The fourth-order valence-electron chi connectivity index (χ4n) is 2.17. The molecule has 3 rings (SSSR count). The molecule has 3 aromatic rings. The zero-order chi connectivity index (χ0) is 16.9. The van der Waals surface area contributed by atoms with Crippen LogP contribution in [0.2, 0.25) is 0 Å². The number of halogens is 1. The van der Waals surface area contributed by atoms with Crippen molar-refractivity contribution in [3.8, 4) is 0 Å². The van der Waals surface area contributed by atoms with Crippen molar-refractivity contribution in [2.24, 2.45) is 0 Å². The highest BCUT2D eigenvalue weighted by Crippen LogP contribution is 2.21. The van der Waals surface area contributed by atoms with Gasteiger partial charge in [-0.25, -0.2) is 14.4 Å². The second-order valence-corrected chi connectivity index (χ2v) is 5.49. The van der Waals surface area contributed by atoms with Crippen LogP contribution in [0.5, 0.6) is 0 Å². The maximum Gasteiger partial charge on any atom is 0.135 e. The molecule has 122 valence electrons. The molecule has 6 heteroatoms. The van der Waals surface area contributed by atoms with Crippen molar-refractivity contribution in [3.63, 3.8) is 0 Å². The third-order valence-electron chi connectivity index (χ3n) is 3.44. The molecule has 1 aromatic heterocycles. The van der Waals surface area contributed by atoms with Gasteiger partial charge in [0.1, 0.15) is 23.8 Å². The predicted molar refractivity (Wildman–Crippen MR) is 95.8 cm³/mol. The molecule has 5 nitrogen and oxygen atoms in total. The van der Waals surface area contributed by atoms with Gasteiger partial charge in [0.25, 0.3) is 0 Å². The molecule has 0 spiro atoms. The first-order valence-electron chi connectivity index (χ1n) is 7.49. The smallest absolute Gasteiger partial charge is 0.135 e. The van der Waals surface area contributed by atoms with Gasteiger partial charge in [0.15, 0.2) is 0 Å². The van der Waals surface area contributed by atoms with Crippen molar-refractivity contribution in [2.45, 2.75) is 0 Å². The highest BCUT2D eigenvalue weighted by atomic mass is 19.1. The monoisotopic (exact) mass is 323 g/mol. The molecule has 0 unspecified atom stereocenters. The summed E-state index contributed by atoms with van der Waals surface area (Å²) in [5, 5.41) is 6.35. The SMILES string of the molecule is CN(C)c1ccc(Nc2cc(Nc3ccc(F)cc3)ncn2)cc1. The second-order valence-electron chi connectivity index (χ2n) is 5.49. The molecule has 2 N–H and O–H groups in total. The van der Waals surface area contributed by atoms with E-state index in [-0.39, 0.29) is 5.82 Å². The van der Waals surface area contributed by atoms with Crippen LogP contribution in [0.4, 0.5) is 33.1 Å². The topological polar surface area (TPSA) is 53.1 Å². The lowest BCUT2D eigenvalue weighted by Gasteiger charge is -2.13. The van der Waals surface area contributed by atoms with Gasteiger partial charge >= 0.3 is 0 Å². The number of aromatic nitrogens is 2. The Kier molecular flexibility index (Phi) is 4.56. The molecule has 0 atom stereocenters. The van der Waals surface area contributed by atoms with Gasteiger partial charge in [-0.3, -0.25) is 0 Å². The number of nitrogens with zero attached hydrogens (tertiary/aromatic N) is 3. The van der Waals surface area contributed by atoms with Crippen LogP contribution >= 0.6 is 0 Å². The molecular weight excluding hydrogens is 305 g/mol. The number of anilines is 5. The van der Waals surface area contributed by atoms with Crippen LogP contribution in [0.1, 0.15) is 0 Å². The Hall–Kier alpha value is -3.15. The summed E-state index contributed by atoms with van der Waals surface area (Å²) >= 11 is 0. The van der Waals surface area contributed by atoms with Crippen molar-refractivity contribution in [1.29, 1.82) is 0 Å². The first-order chi connectivity index (χ1) is 11.6. The molecule has 1 heterocycles. The molecule has 0 saturated carbocycles. The number of nitrogens with one attached hydrogen (secondary N) is 2. The van der Waals surface area contributed by atoms with Crippen LogP contribution in [0.15, 0.2) is 60.9 Å². The number of rotatable bonds is 5. The van der Waals surface area contributed by atoms with E-state index in [1.54, 1.807) is 18.2 Å². The Morgan fingerprint density at radius 3 is 1.79 bits per heavy atom. The second kappa shape index (κ2) is 6.95. The standard InChI is InChI=1S/C18H18FN5/c1-24(2)16-9-7-15(8-10-16)23-18-11-17(20-12-21-18)22-14-5-3-13(19)4-6-14/h3-12H,1-2H3,(H2,20,21,22,23). The lowest BCUT2D eigenvalue weighted by atomic mass is 10.2. The molecule has 0 amide bonds. The van der Waals surface area contributed by atoms with Gasteiger partial charge < -0.3 is 15.5 Å². The Balaban J connectivity index is 1.71. The van der Waals surface area contributed by atoms with Crippen molar-refractivity contribution >= 4 is 28.7 Å². The summed E-state index contributed by atoms with van der Waals surface area (Å²) in [6.45, 7) is 0. The van der Waals surface area contributed by atoms with E-state index in [2.05, 4.69) is 20.6 Å². The summed E-state index contributed by atoms with van der Waals surface area (Å²) in [7, 11) is 4.00. The van der Waals surface area contributed by atoms with E-state index in [1.165, 1.54) is 18.5 Å². The zero-order valence-electron chi connectivity index (χ0n) is 13.5. The van der Waals surface area contributed by atoms with E-state index in [0.29, 0.717) is 11.6 Å². The van der Waals surface area contributed by atoms with Crippen LogP contribution in [-0.4, -0.2) is 24.1 Å². The number of hydrogen-bond donors (Lipinski definition) is 2. The van der Waals surface area contributed by atoms with E-state index in [1.807, 2.05) is 43.3 Å². The normalized spacial score (nSPS) is 10.3. The minimum Gasteiger partial charge on any atom is -0.378 e. The molecule has 0 aliphatic rings. The highest BCUT2D eigenvalue weighted by Gasteiger charge is 2.02. The Morgan fingerprint density at radius 2 is 1.29 bits per heavy atom. The highest BCUT2D eigenvalue weighted by molar-refractivity contribution is 5.64. The third kappa shape index (κ3) is 3.98. The maximum atomic E-state index is 12.9. The molecule has 0 fully saturated rings. The number of benzene rings is 2. The first-order valence-corrected chi connectivity index (χ1v) is 7.49. The Morgan fingerprint density at radius 1 is 0.792 bits per heavy atom. The van der Waals surface area contributed by atoms with E-state index >= 15 is 0 Å². The van der Waals surface area contributed by atoms with Gasteiger partial charge in [-0.15, -0.1) is 0 Å². The molecule has 24 heavy (non-hydrogen) atoms. The maximum absolute atomic E-state index is 12.9. The van der Waals surface area contributed by atoms with Gasteiger partial charge in [0.2, 0.25) is 0 Å². The molecule has 0 aliphatic carbocycles. The third-order valence-corrected chi connectivity index (χ3v) is 3.44. The lowest BCUT2D eigenvalue weighted by Crippen LogP contribution is -2.08. The van der Waals surface area contributed by atoms with Crippen molar-refractivity contribution in [2.75, 3.05) is 29.6 Å². The molecule has 0 bridgehead atoms. The van der Waals surface area contributed by atoms with Gasteiger partial charge in [-0.05, 0) is 48.5 Å². The van der Waals surface area contributed by atoms with Crippen molar-refractivity contribution in [1.82, 2.24) is 9.97 Å². The summed E-state index contributed by atoms with van der Waals surface area (Å²) < 4.78 is 12.9. The summed E-state index contributed by atoms with van der Waals surface area (Å²) in [6, 6.07) is 15.9. The average Bonchev–Trinajstić information content (AvgIpc) is 2.58. The van der Waals surface area contributed by atoms with Crippen LogP contribution in [0.25, 0.3) is 0 Å². The first kappa shape index (κ1) is 15.7. The van der Waals surface area contributed by atoms with Crippen LogP contribution in [0, 0.1) is 5.82 Å². The quantitative estimate of drug-likeness (QED) is 0.738. The fourth-order valence-corrected chi connectivity index (χ4v) is 2.17. The Labute approximate surface area is 140 Å². The zero-order valence-corrected chi connectivity index (χ0v) is 13.5. The van der Waals surface area contributed by atoms with E-state index < -0.39 is 0 Å². The molecule has 0 aliphatic heterocycles. The van der Waals surface area contributed by atoms with Gasteiger partial charge in [0.05, 0.1) is 0 Å². The summed E-state index contributed by atoms with van der Waals surface area (Å²) in [5.41, 5.74) is 2.82.